The van der Waals surface area contributed by atoms with Crippen LogP contribution in [-0.4, -0.2) is 23.5 Å². The molecule has 2 rings (SSSR count). The van der Waals surface area contributed by atoms with Crippen molar-refractivity contribution < 1.29 is 19.2 Å². The molecule has 0 saturated heterocycles. The SMILES string of the molecule is O=COC1N=c2c([N+](=O)[O-])cccc2=NC1=O. The summed E-state index contributed by atoms with van der Waals surface area (Å²) in [4.78, 5) is 38.8. The van der Waals surface area contributed by atoms with E-state index in [1.165, 1.54) is 18.2 Å². The Morgan fingerprint density at radius 1 is 1.47 bits per heavy atom. The van der Waals surface area contributed by atoms with Crippen molar-refractivity contribution in [2.75, 3.05) is 0 Å². The maximum absolute atomic E-state index is 11.3. The van der Waals surface area contributed by atoms with Crippen molar-refractivity contribution in [3.05, 3.63) is 39.0 Å². The van der Waals surface area contributed by atoms with Gasteiger partial charge in [-0.1, -0.05) is 6.07 Å². The maximum atomic E-state index is 11.3. The monoisotopic (exact) mass is 235 g/mol. The fourth-order valence-corrected chi connectivity index (χ4v) is 1.38. The number of non-ortho nitro benzene ring substituents is 1. The zero-order valence-corrected chi connectivity index (χ0v) is 8.27. The predicted octanol–water partition coefficient (Wildman–Crippen LogP) is -1.13. The normalized spacial score (nSPS) is 17.4. The van der Waals surface area contributed by atoms with Crippen molar-refractivity contribution >= 4 is 18.1 Å². The fourth-order valence-electron chi connectivity index (χ4n) is 1.38. The van der Waals surface area contributed by atoms with E-state index in [1.807, 2.05) is 0 Å². The molecule has 86 valence electrons. The Morgan fingerprint density at radius 3 is 2.88 bits per heavy atom. The number of nitro benzene ring substituents is 1. The van der Waals surface area contributed by atoms with Crippen LogP contribution in [0.5, 0.6) is 0 Å². The van der Waals surface area contributed by atoms with Crippen molar-refractivity contribution in [2.45, 2.75) is 6.23 Å². The van der Waals surface area contributed by atoms with Crippen LogP contribution >= 0.6 is 0 Å². The Bertz CT molecular complexity index is 624. The van der Waals surface area contributed by atoms with E-state index in [-0.39, 0.29) is 22.9 Å². The standard InChI is InChI=1S/C9H5N3O5/c13-4-17-9-8(14)10-5-2-1-3-6(12(15)16)7(5)11-9/h1-4,9H. The average molecular weight is 235 g/mol. The van der Waals surface area contributed by atoms with Gasteiger partial charge >= 0.3 is 5.91 Å². The number of amides is 1. The van der Waals surface area contributed by atoms with Crippen molar-refractivity contribution in [1.82, 2.24) is 0 Å². The zero-order valence-electron chi connectivity index (χ0n) is 8.27. The number of ether oxygens (including phenoxy) is 1. The highest BCUT2D eigenvalue weighted by atomic mass is 16.6. The number of hydrogen-bond donors (Lipinski definition) is 0. The fraction of sp³-hybridized carbons (Fsp3) is 0.111. The van der Waals surface area contributed by atoms with E-state index >= 15 is 0 Å². The van der Waals surface area contributed by atoms with Crippen LogP contribution in [0.3, 0.4) is 0 Å². The molecule has 0 saturated carbocycles. The lowest BCUT2D eigenvalue weighted by molar-refractivity contribution is -0.386. The Labute approximate surface area is 93.4 Å². The molecule has 1 aromatic carbocycles. The van der Waals surface area contributed by atoms with Gasteiger partial charge in [0, 0.05) is 6.07 Å². The van der Waals surface area contributed by atoms with Crippen LogP contribution in [0.4, 0.5) is 5.69 Å². The summed E-state index contributed by atoms with van der Waals surface area (Å²) in [5.41, 5.74) is -0.293. The van der Waals surface area contributed by atoms with Crippen LogP contribution in [0.15, 0.2) is 28.2 Å². The molecular weight excluding hydrogens is 230 g/mol. The van der Waals surface area contributed by atoms with Crippen LogP contribution in [0.25, 0.3) is 0 Å². The topological polar surface area (TPSA) is 111 Å². The number of nitro groups is 1. The van der Waals surface area contributed by atoms with E-state index in [2.05, 4.69) is 14.7 Å². The highest BCUT2D eigenvalue weighted by Crippen LogP contribution is 2.04. The van der Waals surface area contributed by atoms with E-state index in [0.717, 1.165) is 0 Å². The highest BCUT2D eigenvalue weighted by molar-refractivity contribution is 5.83. The average Bonchev–Trinajstić information content (AvgIpc) is 2.29. The molecule has 1 atom stereocenters. The zero-order chi connectivity index (χ0) is 12.4. The van der Waals surface area contributed by atoms with Gasteiger partial charge in [-0.3, -0.25) is 19.7 Å². The molecule has 1 amide bonds. The molecule has 1 aliphatic heterocycles. The van der Waals surface area contributed by atoms with Crippen LogP contribution < -0.4 is 10.7 Å². The summed E-state index contributed by atoms with van der Waals surface area (Å²) in [5, 5.41) is 10.8. The third kappa shape index (κ3) is 1.87. The molecule has 8 heteroatoms. The van der Waals surface area contributed by atoms with Crippen molar-refractivity contribution in [1.29, 1.82) is 0 Å². The molecule has 1 unspecified atom stereocenters. The Balaban J connectivity index is 2.69. The summed E-state index contributed by atoms with van der Waals surface area (Å²) >= 11 is 0. The van der Waals surface area contributed by atoms with Gasteiger partial charge < -0.3 is 4.74 Å². The number of fused-ring (bicyclic) bond motifs is 1. The molecular formula is C9H5N3O5. The lowest BCUT2D eigenvalue weighted by atomic mass is 10.2. The van der Waals surface area contributed by atoms with E-state index in [9.17, 15) is 19.7 Å². The van der Waals surface area contributed by atoms with Gasteiger partial charge in [0.05, 0.1) is 10.3 Å². The van der Waals surface area contributed by atoms with E-state index in [4.69, 9.17) is 0 Å². The second-order valence-electron chi connectivity index (χ2n) is 3.07. The van der Waals surface area contributed by atoms with Crippen LogP contribution in [0.2, 0.25) is 0 Å². The van der Waals surface area contributed by atoms with E-state index in [1.54, 1.807) is 0 Å². The molecule has 1 aromatic rings. The molecule has 0 N–H and O–H groups in total. The molecule has 0 radical (unpaired) electrons. The smallest absolute Gasteiger partial charge is 0.310 e. The second kappa shape index (κ2) is 4.08. The quantitative estimate of drug-likeness (QED) is 0.374. The molecule has 1 heterocycles. The summed E-state index contributed by atoms with van der Waals surface area (Å²) in [6.45, 7) is 0.0430. The Morgan fingerprint density at radius 2 is 2.24 bits per heavy atom. The number of para-hydroxylation sites is 1. The van der Waals surface area contributed by atoms with Gasteiger partial charge in [0.15, 0.2) is 5.36 Å². The number of benzene rings is 1. The summed E-state index contributed by atoms with van der Waals surface area (Å²) in [6.07, 6.45) is -1.44. The van der Waals surface area contributed by atoms with E-state index in [0.29, 0.717) is 0 Å². The molecule has 0 fully saturated rings. The number of rotatable bonds is 3. The molecule has 0 spiro atoms. The van der Waals surface area contributed by atoms with Crippen LogP contribution in [0, 0.1) is 10.1 Å². The van der Waals surface area contributed by atoms with Gasteiger partial charge in [-0.2, -0.15) is 0 Å². The molecule has 0 aliphatic carbocycles. The number of nitrogens with zero attached hydrogens (tertiary/aromatic N) is 3. The molecule has 0 bridgehead atoms. The van der Waals surface area contributed by atoms with Gasteiger partial charge in [0.25, 0.3) is 18.4 Å². The lowest BCUT2D eigenvalue weighted by Crippen LogP contribution is -2.38. The van der Waals surface area contributed by atoms with Gasteiger partial charge in [-0.15, -0.1) is 0 Å². The van der Waals surface area contributed by atoms with E-state index < -0.39 is 17.1 Å². The third-order valence-corrected chi connectivity index (χ3v) is 2.06. The van der Waals surface area contributed by atoms with Gasteiger partial charge in [0.1, 0.15) is 0 Å². The first-order valence-electron chi connectivity index (χ1n) is 4.46. The van der Waals surface area contributed by atoms with Crippen LogP contribution in [0.1, 0.15) is 0 Å². The summed E-state index contributed by atoms with van der Waals surface area (Å²) in [6, 6.07) is 4.04. The maximum Gasteiger partial charge on any atom is 0.310 e. The molecule has 0 aromatic heterocycles. The number of hydrogen-bond acceptors (Lipinski definition) is 6. The molecule has 17 heavy (non-hydrogen) atoms. The lowest BCUT2D eigenvalue weighted by Gasteiger charge is -2.08. The van der Waals surface area contributed by atoms with Gasteiger partial charge in [0.2, 0.25) is 0 Å². The summed E-state index contributed by atoms with van der Waals surface area (Å²) in [5.74, 6) is -0.773. The minimum Gasteiger partial charge on any atom is -0.432 e. The van der Waals surface area contributed by atoms with Crippen molar-refractivity contribution in [3.8, 4) is 0 Å². The molecule has 1 aliphatic rings. The first kappa shape index (κ1) is 10.9. The minimum atomic E-state index is -1.44. The van der Waals surface area contributed by atoms with Crippen molar-refractivity contribution in [3.63, 3.8) is 0 Å². The predicted molar refractivity (Wildman–Crippen MR) is 51.4 cm³/mol. The minimum absolute atomic E-state index is 0.0430. The summed E-state index contributed by atoms with van der Waals surface area (Å²) < 4.78 is 4.37. The first-order valence-corrected chi connectivity index (χ1v) is 4.46. The van der Waals surface area contributed by atoms with Crippen molar-refractivity contribution in [2.24, 2.45) is 9.98 Å². The van der Waals surface area contributed by atoms with Gasteiger partial charge in [-0.05, 0) is 6.07 Å². The second-order valence-corrected chi connectivity index (χ2v) is 3.07. The summed E-state index contributed by atoms with van der Waals surface area (Å²) in [7, 11) is 0. The van der Waals surface area contributed by atoms with Crippen LogP contribution in [-0.2, 0) is 14.3 Å². The molecule has 8 nitrogen and oxygen atoms in total. The van der Waals surface area contributed by atoms with Gasteiger partial charge in [-0.25, -0.2) is 9.98 Å². The highest BCUT2D eigenvalue weighted by Gasteiger charge is 2.24. The third-order valence-electron chi connectivity index (χ3n) is 2.06. The number of carbonyl (C=O) groups excluding carboxylic acids is 2. The first-order chi connectivity index (χ1) is 8.13. The number of carbonyl (C=O) groups is 2. The Kier molecular flexibility index (Phi) is 2.61. The largest absolute Gasteiger partial charge is 0.432 e. The Hall–Kier alpha value is -2.64.